The van der Waals surface area contributed by atoms with E-state index >= 15 is 0 Å². The second-order valence-corrected chi connectivity index (χ2v) is 8.27. The average Bonchev–Trinajstić information content (AvgIpc) is 2.79. The predicted molar refractivity (Wildman–Crippen MR) is 136 cm³/mol. The van der Waals surface area contributed by atoms with Gasteiger partial charge in [-0.15, -0.1) is 0 Å². The third kappa shape index (κ3) is 9.32. The van der Waals surface area contributed by atoms with Gasteiger partial charge in [0.05, 0.1) is 18.8 Å². The van der Waals surface area contributed by atoms with E-state index in [1.54, 1.807) is 27.7 Å². The van der Waals surface area contributed by atoms with Crippen LogP contribution in [0, 0.1) is 6.92 Å². The Morgan fingerprint density at radius 2 is 1.36 bits per heavy atom. The van der Waals surface area contributed by atoms with Crippen LogP contribution in [0.15, 0.2) is 36.4 Å². The first-order valence-electron chi connectivity index (χ1n) is 12.5. The Morgan fingerprint density at radius 3 is 1.83 bits per heavy atom. The van der Waals surface area contributed by atoms with Crippen molar-refractivity contribution in [2.75, 3.05) is 13.2 Å². The molecule has 0 bridgehead atoms. The number of hydrogen-bond donors (Lipinski definition) is 0. The van der Waals surface area contributed by atoms with Gasteiger partial charge < -0.3 is 28.4 Å². The van der Waals surface area contributed by atoms with Gasteiger partial charge in [0.25, 0.3) is 0 Å². The van der Waals surface area contributed by atoms with E-state index in [4.69, 9.17) is 28.4 Å². The monoisotopic (exact) mass is 502 g/mol. The highest BCUT2D eigenvalue weighted by atomic mass is 16.8. The maximum absolute atomic E-state index is 11.8. The minimum atomic E-state index is -0.917. The summed E-state index contributed by atoms with van der Waals surface area (Å²) in [4.78, 5) is 23.7. The van der Waals surface area contributed by atoms with E-state index in [1.807, 2.05) is 43.3 Å². The molecule has 0 aliphatic heterocycles. The molecule has 2 rings (SSSR count). The second-order valence-electron chi connectivity index (χ2n) is 8.27. The van der Waals surface area contributed by atoms with Crippen LogP contribution < -0.4 is 9.47 Å². The Bertz CT molecular complexity index is 938. The van der Waals surface area contributed by atoms with Crippen molar-refractivity contribution in [1.82, 2.24) is 0 Å². The maximum atomic E-state index is 11.8. The van der Waals surface area contributed by atoms with Gasteiger partial charge in [-0.1, -0.05) is 49.6 Å². The Balaban J connectivity index is 2.51. The second kappa shape index (κ2) is 14.9. The number of unbranched alkanes of at least 4 members (excludes halogenated alkanes) is 2. The molecule has 0 saturated heterocycles. The summed E-state index contributed by atoms with van der Waals surface area (Å²) in [5.41, 5.74) is 3.52. The van der Waals surface area contributed by atoms with Gasteiger partial charge in [0.2, 0.25) is 12.6 Å². The lowest BCUT2D eigenvalue weighted by molar-refractivity contribution is -0.0536. The first-order valence-corrected chi connectivity index (χ1v) is 12.5. The number of aryl methyl sites for hydroxylation is 2. The van der Waals surface area contributed by atoms with Crippen LogP contribution in [0.4, 0.5) is 9.59 Å². The molecule has 0 aromatic heterocycles. The summed E-state index contributed by atoms with van der Waals surface area (Å²) < 4.78 is 32.5. The van der Waals surface area contributed by atoms with Crippen LogP contribution in [0.5, 0.6) is 11.5 Å². The van der Waals surface area contributed by atoms with Gasteiger partial charge in [0.1, 0.15) is 11.5 Å². The van der Waals surface area contributed by atoms with Gasteiger partial charge in [0.15, 0.2) is 0 Å². The van der Waals surface area contributed by atoms with Crippen molar-refractivity contribution >= 4 is 12.3 Å². The summed E-state index contributed by atoms with van der Waals surface area (Å²) in [5, 5.41) is 0. The first-order chi connectivity index (χ1) is 17.3. The van der Waals surface area contributed by atoms with Crippen LogP contribution in [0.3, 0.4) is 0 Å². The van der Waals surface area contributed by atoms with Gasteiger partial charge >= 0.3 is 12.3 Å². The van der Waals surface area contributed by atoms with Crippen molar-refractivity contribution in [2.24, 2.45) is 0 Å². The van der Waals surface area contributed by atoms with E-state index in [0.29, 0.717) is 17.1 Å². The number of hydrogen-bond acceptors (Lipinski definition) is 8. The van der Waals surface area contributed by atoms with Gasteiger partial charge in [-0.25, -0.2) is 9.59 Å². The maximum Gasteiger partial charge on any atom is 0.511 e. The average molecular weight is 503 g/mol. The third-order valence-electron chi connectivity index (χ3n) is 5.14. The quantitative estimate of drug-likeness (QED) is 0.161. The lowest BCUT2D eigenvalue weighted by atomic mass is 9.97. The van der Waals surface area contributed by atoms with E-state index in [-0.39, 0.29) is 13.2 Å². The van der Waals surface area contributed by atoms with Crippen LogP contribution in [0.1, 0.15) is 65.0 Å². The van der Waals surface area contributed by atoms with Crippen molar-refractivity contribution < 1.29 is 38.0 Å². The SMILES string of the molecule is CCCCCc1cc(OC(C)OC(=O)OCC)c(-c2cccc(C)c2)c(OC(C)OC(=O)OCC)c1. The van der Waals surface area contributed by atoms with E-state index in [1.165, 1.54) is 0 Å². The van der Waals surface area contributed by atoms with Crippen LogP contribution in [-0.2, 0) is 25.4 Å². The number of ether oxygens (including phenoxy) is 6. The molecular weight excluding hydrogens is 464 g/mol. The molecule has 0 radical (unpaired) electrons. The highest BCUT2D eigenvalue weighted by Crippen LogP contribution is 2.41. The summed E-state index contributed by atoms with van der Waals surface area (Å²) in [6.07, 6.45) is 0.500. The molecule has 0 amide bonds. The zero-order chi connectivity index (χ0) is 26.5. The molecule has 2 unspecified atom stereocenters. The lowest BCUT2D eigenvalue weighted by Gasteiger charge is -2.23. The fraction of sp³-hybridized carbons (Fsp3) is 0.500. The zero-order valence-electron chi connectivity index (χ0n) is 22.1. The largest absolute Gasteiger partial charge is 0.511 e. The van der Waals surface area contributed by atoms with E-state index in [9.17, 15) is 9.59 Å². The Kier molecular flexibility index (Phi) is 11.9. The van der Waals surface area contributed by atoms with Gasteiger partial charge in [-0.3, -0.25) is 0 Å². The molecule has 0 fully saturated rings. The Morgan fingerprint density at radius 1 is 0.806 bits per heavy atom. The Labute approximate surface area is 213 Å². The van der Waals surface area contributed by atoms with Gasteiger partial charge in [-0.05, 0) is 56.9 Å². The molecule has 8 heteroatoms. The number of benzene rings is 2. The first kappa shape index (κ1) is 28.8. The lowest BCUT2D eigenvalue weighted by Crippen LogP contribution is -2.23. The third-order valence-corrected chi connectivity index (χ3v) is 5.14. The van der Waals surface area contributed by atoms with Crippen LogP contribution in [0.2, 0.25) is 0 Å². The standard InChI is InChI=1S/C28H38O8/c1-7-10-11-14-22-17-24(33-20(5)35-27(29)31-8-2)26(23-15-12-13-19(4)16-23)25(18-22)34-21(6)36-28(30)32-9-3/h12-13,15-18,20-21H,7-11,14H2,1-6H3. The molecule has 36 heavy (non-hydrogen) atoms. The normalized spacial score (nSPS) is 12.3. The molecule has 0 saturated carbocycles. The highest BCUT2D eigenvalue weighted by molar-refractivity contribution is 5.78. The molecule has 8 nitrogen and oxygen atoms in total. The zero-order valence-corrected chi connectivity index (χ0v) is 22.1. The van der Waals surface area contributed by atoms with Gasteiger partial charge in [-0.2, -0.15) is 0 Å². The summed E-state index contributed by atoms with van der Waals surface area (Å²) in [6, 6.07) is 11.7. The molecule has 198 valence electrons. The molecule has 0 N–H and O–H groups in total. The van der Waals surface area contributed by atoms with Crippen molar-refractivity contribution in [1.29, 1.82) is 0 Å². The summed E-state index contributed by atoms with van der Waals surface area (Å²) >= 11 is 0. The Hall–Kier alpha value is -3.42. The van der Waals surface area contributed by atoms with Crippen molar-refractivity contribution in [3.05, 3.63) is 47.5 Å². The predicted octanol–water partition coefficient (Wildman–Crippen LogP) is 7.19. The number of carbonyl (C=O) groups excluding carboxylic acids is 2. The summed E-state index contributed by atoms with van der Waals surface area (Å²) in [7, 11) is 0. The molecular formula is C28H38O8. The number of carbonyl (C=O) groups is 2. The van der Waals surface area contributed by atoms with Crippen molar-refractivity contribution in [3.63, 3.8) is 0 Å². The molecule has 0 spiro atoms. The molecule has 2 atom stereocenters. The molecule has 0 aliphatic carbocycles. The molecule has 2 aromatic carbocycles. The minimum absolute atomic E-state index is 0.198. The topological polar surface area (TPSA) is 89.5 Å². The molecule has 2 aromatic rings. The summed E-state index contributed by atoms with van der Waals surface area (Å²) in [5.74, 6) is 0.953. The highest BCUT2D eigenvalue weighted by Gasteiger charge is 2.22. The van der Waals surface area contributed by atoms with Crippen LogP contribution in [-0.4, -0.2) is 38.1 Å². The van der Waals surface area contributed by atoms with Gasteiger partial charge in [0, 0.05) is 13.8 Å². The van der Waals surface area contributed by atoms with Crippen LogP contribution >= 0.6 is 0 Å². The summed E-state index contributed by atoms with van der Waals surface area (Å²) in [6.45, 7) is 11.2. The van der Waals surface area contributed by atoms with Crippen molar-refractivity contribution in [2.45, 2.75) is 79.8 Å². The molecule has 0 aliphatic rings. The van der Waals surface area contributed by atoms with Crippen LogP contribution in [0.25, 0.3) is 11.1 Å². The molecule has 0 heterocycles. The minimum Gasteiger partial charge on any atom is -0.454 e. The smallest absolute Gasteiger partial charge is 0.454 e. The van der Waals surface area contributed by atoms with Crippen molar-refractivity contribution in [3.8, 4) is 22.6 Å². The fourth-order valence-corrected chi connectivity index (χ4v) is 3.62. The van der Waals surface area contributed by atoms with E-state index in [0.717, 1.165) is 42.4 Å². The fourth-order valence-electron chi connectivity index (χ4n) is 3.62. The number of rotatable bonds is 13. The van der Waals surface area contributed by atoms with E-state index in [2.05, 4.69) is 6.92 Å². The van der Waals surface area contributed by atoms with E-state index < -0.39 is 24.9 Å².